The van der Waals surface area contributed by atoms with E-state index in [2.05, 4.69) is 25.1 Å². The smallest absolute Gasteiger partial charge is 0.120 e. The van der Waals surface area contributed by atoms with E-state index in [1.54, 1.807) is 0 Å². The maximum Gasteiger partial charge on any atom is 0.120 e. The van der Waals surface area contributed by atoms with Crippen LogP contribution in [0.15, 0.2) is 24.3 Å². The summed E-state index contributed by atoms with van der Waals surface area (Å²) in [6.07, 6.45) is 1.60. The molecule has 2 rings (SSSR count). The summed E-state index contributed by atoms with van der Waals surface area (Å²) in [6.45, 7) is 3.75. The van der Waals surface area contributed by atoms with Crippen LogP contribution in [0.3, 0.4) is 0 Å². The zero-order chi connectivity index (χ0) is 10.7. The Morgan fingerprint density at radius 1 is 1.47 bits per heavy atom. The number of benzene rings is 1. The molecule has 0 bridgehead atoms. The van der Waals surface area contributed by atoms with Crippen LogP contribution in [-0.4, -0.2) is 19.5 Å². The molecule has 0 amide bonds. The van der Waals surface area contributed by atoms with E-state index in [0.29, 0.717) is 18.3 Å². The largest absolute Gasteiger partial charge is 0.380 e. The highest BCUT2D eigenvalue weighted by atomic mass is 16.5. The van der Waals surface area contributed by atoms with Gasteiger partial charge in [-0.1, -0.05) is 31.2 Å². The van der Waals surface area contributed by atoms with Crippen LogP contribution in [0.2, 0.25) is 0 Å². The number of aldehydes is 1. The summed E-state index contributed by atoms with van der Waals surface area (Å²) in [5.41, 5.74) is 2.66. The van der Waals surface area contributed by atoms with Crippen molar-refractivity contribution in [1.29, 1.82) is 0 Å². The van der Waals surface area contributed by atoms with E-state index in [0.717, 1.165) is 19.5 Å². The molecule has 1 aromatic rings. The van der Waals surface area contributed by atoms with Gasteiger partial charge in [-0.2, -0.15) is 0 Å². The van der Waals surface area contributed by atoms with Crippen LogP contribution >= 0.6 is 0 Å². The van der Waals surface area contributed by atoms with E-state index >= 15 is 0 Å². The summed E-state index contributed by atoms with van der Waals surface area (Å²) < 4.78 is 5.21. The molecule has 1 atom stereocenters. The second-order valence-electron chi connectivity index (χ2n) is 4.17. The fourth-order valence-corrected chi connectivity index (χ4v) is 2.02. The highest BCUT2D eigenvalue weighted by Gasteiger charge is 2.24. The van der Waals surface area contributed by atoms with Crippen molar-refractivity contribution in [3.05, 3.63) is 35.4 Å². The van der Waals surface area contributed by atoms with Crippen LogP contribution < -0.4 is 0 Å². The van der Waals surface area contributed by atoms with Crippen molar-refractivity contribution in [2.24, 2.45) is 0 Å². The molecule has 0 aromatic heterocycles. The first-order chi connectivity index (χ1) is 7.33. The Bertz CT molecular complexity index is 342. The molecule has 0 radical (unpaired) electrons. The molecule has 0 aliphatic carbocycles. The molecule has 1 saturated heterocycles. The summed E-state index contributed by atoms with van der Waals surface area (Å²) >= 11 is 0. The first kappa shape index (κ1) is 10.4. The van der Waals surface area contributed by atoms with Gasteiger partial charge in [0.05, 0.1) is 13.2 Å². The van der Waals surface area contributed by atoms with Gasteiger partial charge in [-0.05, 0) is 17.0 Å². The molecule has 0 N–H and O–H groups in total. The van der Waals surface area contributed by atoms with E-state index in [9.17, 15) is 4.79 Å². The lowest BCUT2D eigenvalue weighted by Gasteiger charge is -2.29. The predicted molar refractivity (Wildman–Crippen MR) is 59.1 cm³/mol. The topological polar surface area (TPSA) is 26.3 Å². The maximum absolute atomic E-state index is 10.5. The molecule has 0 saturated carbocycles. The molecule has 1 unspecified atom stereocenters. The number of hydrogen-bond donors (Lipinski definition) is 0. The van der Waals surface area contributed by atoms with Crippen LogP contribution in [0, 0.1) is 0 Å². The molecular weight excluding hydrogens is 188 g/mol. The summed E-state index contributed by atoms with van der Waals surface area (Å²) in [5.74, 6) is 0.856. The van der Waals surface area contributed by atoms with Crippen molar-refractivity contribution in [3.63, 3.8) is 0 Å². The lowest BCUT2D eigenvalue weighted by atomic mass is 9.86. The highest BCUT2D eigenvalue weighted by Crippen LogP contribution is 2.31. The molecule has 0 spiro atoms. The molecule has 1 fully saturated rings. The Balaban J connectivity index is 2.24. The van der Waals surface area contributed by atoms with Crippen LogP contribution in [0.1, 0.15) is 36.3 Å². The highest BCUT2D eigenvalue weighted by molar-refractivity contribution is 5.52. The first-order valence-electron chi connectivity index (χ1n) is 5.43. The van der Waals surface area contributed by atoms with Crippen LogP contribution in [0.4, 0.5) is 0 Å². The van der Waals surface area contributed by atoms with E-state index in [1.165, 1.54) is 11.1 Å². The van der Waals surface area contributed by atoms with Gasteiger partial charge in [0.1, 0.15) is 6.29 Å². The van der Waals surface area contributed by atoms with Gasteiger partial charge in [0.2, 0.25) is 0 Å². The number of ether oxygens (including phenoxy) is 1. The van der Waals surface area contributed by atoms with Gasteiger partial charge in [-0.15, -0.1) is 0 Å². The Hall–Kier alpha value is -1.15. The molecule has 1 aliphatic rings. The maximum atomic E-state index is 10.5. The van der Waals surface area contributed by atoms with E-state index in [-0.39, 0.29) is 0 Å². The number of carbonyl (C=O) groups excluding carboxylic acids is 1. The van der Waals surface area contributed by atoms with Gasteiger partial charge in [-0.25, -0.2) is 0 Å². The predicted octanol–water partition coefficient (Wildman–Crippen LogP) is 2.49. The third-order valence-electron chi connectivity index (χ3n) is 3.05. The normalized spacial score (nSPS) is 18.2. The van der Waals surface area contributed by atoms with E-state index < -0.39 is 0 Å². The molecule has 1 aliphatic heterocycles. The third kappa shape index (κ3) is 2.10. The van der Waals surface area contributed by atoms with Crippen LogP contribution in [0.25, 0.3) is 0 Å². The molecule has 15 heavy (non-hydrogen) atoms. The van der Waals surface area contributed by atoms with Gasteiger partial charge in [0, 0.05) is 12.3 Å². The van der Waals surface area contributed by atoms with Gasteiger partial charge < -0.3 is 9.53 Å². The standard InChI is InChI=1S/C13H16O2/c1-10(6-7-14)12-4-2-3-5-13(12)11-8-15-9-11/h2-5,7,10-11H,6,8-9H2,1H3. The Morgan fingerprint density at radius 2 is 2.20 bits per heavy atom. The zero-order valence-electron chi connectivity index (χ0n) is 8.98. The second kappa shape index (κ2) is 4.58. The Labute approximate surface area is 90.3 Å². The average Bonchev–Trinajstić information content (AvgIpc) is 2.16. The lowest BCUT2D eigenvalue weighted by molar-refractivity contribution is -0.108. The first-order valence-corrected chi connectivity index (χ1v) is 5.43. The quantitative estimate of drug-likeness (QED) is 0.704. The minimum Gasteiger partial charge on any atom is -0.380 e. The summed E-state index contributed by atoms with van der Waals surface area (Å²) in [7, 11) is 0. The molecule has 2 nitrogen and oxygen atoms in total. The molecule has 2 heteroatoms. The van der Waals surface area contributed by atoms with Crippen molar-refractivity contribution in [3.8, 4) is 0 Å². The van der Waals surface area contributed by atoms with Gasteiger partial charge in [0.25, 0.3) is 0 Å². The Kier molecular flexibility index (Phi) is 3.17. The fraction of sp³-hybridized carbons (Fsp3) is 0.462. The minimum atomic E-state index is 0.319. The molecule has 1 heterocycles. The third-order valence-corrected chi connectivity index (χ3v) is 3.05. The van der Waals surface area contributed by atoms with Crippen LogP contribution in [-0.2, 0) is 9.53 Å². The van der Waals surface area contributed by atoms with Crippen molar-refractivity contribution < 1.29 is 9.53 Å². The van der Waals surface area contributed by atoms with Crippen LogP contribution in [0.5, 0.6) is 0 Å². The summed E-state index contributed by atoms with van der Waals surface area (Å²) in [5, 5.41) is 0. The van der Waals surface area contributed by atoms with E-state index in [1.807, 2.05) is 6.07 Å². The molecule has 1 aromatic carbocycles. The van der Waals surface area contributed by atoms with Crippen molar-refractivity contribution in [2.75, 3.05) is 13.2 Å². The number of rotatable bonds is 4. The number of carbonyl (C=O) groups is 1. The molecule has 80 valence electrons. The molecular formula is C13H16O2. The van der Waals surface area contributed by atoms with Crippen molar-refractivity contribution in [2.45, 2.75) is 25.2 Å². The fourth-order valence-electron chi connectivity index (χ4n) is 2.02. The van der Waals surface area contributed by atoms with Crippen molar-refractivity contribution in [1.82, 2.24) is 0 Å². The summed E-state index contributed by atoms with van der Waals surface area (Å²) in [4.78, 5) is 10.5. The van der Waals surface area contributed by atoms with Gasteiger partial charge in [-0.3, -0.25) is 0 Å². The second-order valence-corrected chi connectivity index (χ2v) is 4.17. The Morgan fingerprint density at radius 3 is 2.80 bits per heavy atom. The average molecular weight is 204 g/mol. The number of hydrogen-bond acceptors (Lipinski definition) is 2. The summed E-state index contributed by atoms with van der Waals surface area (Å²) in [6, 6.07) is 8.39. The van der Waals surface area contributed by atoms with E-state index in [4.69, 9.17) is 4.74 Å². The van der Waals surface area contributed by atoms with Gasteiger partial charge in [0.15, 0.2) is 0 Å². The monoisotopic (exact) mass is 204 g/mol. The van der Waals surface area contributed by atoms with Gasteiger partial charge >= 0.3 is 0 Å². The SMILES string of the molecule is CC(CC=O)c1ccccc1C1COC1. The lowest BCUT2D eigenvalue weighted by Crippen LogP contribution is -2.26. The minimum absolute atomic E-state index is 0.319. The zero-order valence-corrected chi connectivity index (χ0v) is 8.98. The van der Waals surface area contributed by atoms with Crippen molar-refractivity contribution >= 4 is 6.29 Å².